The van der Waals surface area contributed by atoms with Crippen LogP contribution in [0.25, 0.3) is 33.4 Å². The number of benzene rings is 2. The van der Waals surface area contributed by atoms with E-state index in [1.165, 1.54) is 12.5 Å². The van der Waals surface area contributed by atoms with E-state index in [4.69, 9.17) is 19.8 Å². The summed E-state index contributed by atoms with van der Waals surface area (Å²) in [5.74, 6) is 1.31. The summed E-state index contributed by atoms with van der Waals surface area (Å²) in [6, 6.07) is 15.7. The molecule has 37 heavy (non-hydrogen) atoms. The largest absolute Gasteiger partial charge is 0.464 e. The SMILES string of the molecule is Cn1ncc2ccc(-c3cc(Nc4ccc(-c5cn(C(=O)O)cn5)cc4)nc(N4CCOCC4)n3)cc21. The fourth-order valence-corrected chi connectivity index (χ4v) is 4.30. The first kappa shape index (κ1) is 22.7. The first-order chi connectivity index (χ1) is 18.0. The van der Waals surface area contributed by atoms with E-state index >= 15 is 0 Å². The molecule has 1 aliphatic rings. The van der Waals surface area contributed by atoms with E-state index < -0.39 is 6.09 Å². The molecule has 3 aromatic heterocycles. The second-order valence-corrected chi connectivity index (χ2v) is 8.73. The Morgan fingerprint density at radius 2 is 1.78 bits per heavy atom. The molecule has 0 atom stereocenters. The van der Waals surface area contributed by atoms with Crippen LogP contribution in [0, 0.1) is 0 Å². The number of anilines is 3. The number of nitrogens with zero attached hydrogens (tertiary/aromatic N) is 7. The van der Waals surface area contributed by atoms with Crippen molar-refractivity contribution in [3.8, 4) is 22.5 Å². The maximum atomic E-state index is 11.1. The van der Waals surface area contributed by atoms with E-state index in [1.807, 2.05) is 60.4 Å². The Morgan fingerprint density at radius 3 is 2.54 bits per heavy atom. The van der Waals surface area contributed by atoms with Crippen LogP contribution >= 0.6 is 0 Å². The van der Waals surface area contributed by atoms with Gasteiger partial charge in [0.25, 0.3) is 0 Å². The smallest absolute Gasteiger partial charge is 0.416 e. The van der Waals surface area contributed by atoms with Crippen LogP contribution in [0.5, 0.6) is 0 Å². The lowest BCUT2D eigenvalue weighted by atomic mass is 10.1. The van der Waals surface area contributed by atoms with Crippen molar-refractivity contribution in [2.45, 2.75) is 0 Å². The van der Waals surface area contributed by atoms with Gasteiger partial charge in [0.2, 0.25) is 5.95 Å². The van der Waals surface area contributed by atoms with Gasteiger partial charge in [-0.3, -0.25) is 4.68 Å². The van der Waals surface area contributed by atoms with Crippen LogP contribution in [0.2, 0.25) is 0 Å². The van der Waals surface area contributed by atoms with Crippen molar-refractivity contribution >= 4 is 34.4 Å². The van der Waals surface area contributed by atoms with Gasteiger partial charge in [-0.15, -0.1) is 0 Å². The molecule has 1 fully saturated rings. The number of carbonyl (C=O) groups is 1. The standard InChI is InChI=1S/C26H24N8O3/c1-32-23-12-18(2-3-19(23)14-28-32)21-13-24(31-25(30-21)33-8-10-37-11-9-33)29-20-6-4-17(5-7-20)22-15-34(16-27-22)26(35)36/h2-7,12-16H,8-11H2,1H3,(H,35,36)(H,29,30,31). The van der Waals surface area contributed by atoms with E-state index in [0.29, 0.717) is 30.7 Å². The highest BCUT2D eigenvalue weighted by Gasteiger charge is 2.17. The summed E-state index contributed by atoms with van der Waals surface area (Å²) in [5, 5.41) is 17.9. The van der Waals surface area contributed by atoms with Gasteiger partial charge in [0.1, 0.15) is 12.1 Å². The summed E-state index contributed by atoms with van der Waals surface area (Å²) in [6.07, 6.45) is 3.54. The molecule has 11 heteroatoms. The first-order valence-corrected chi connectivity index (χ1v) is 11.8. The minimum absolute atomic E-state index is 0.582. The van der Waals surface area contributed by atoms with Crippen LogP contribution in [-0.2, 0) is 11.8 Å². The molecule has 2 aromatic carbocycles. The molecule has 1 aliphatic heterocycles. The summed E-state index contributed by atoms with van der Waals surface area (Å²) in [4.78, 5) is 27.1. The van der Waals surface area contributed by atoms with Crippen molar-refractivity contribution in [3.05, 3.63) is 67.3 Å². The predicted molar refractivity (Wildman–Crippen MR) is 139 cm³/mol. The fourth-order valence-electron chi connectivity index (χ4n) is 4.30. The highest BCUT2D eigenvalue weighted by Crippen LogP contribution is 2.28. The van der Waals surface area contributed by atoms with Gasteiger partial charge in [-0.25, -0.2) is 19.3 Å². The lowest BCUT2D eigenvalue weighted by Gasteiger charge is -2.27. The molecule has 186 valence electrons. The highest BCUT2D eigenvalue weighted by atomic mass is 16.5. The predicted octanol–water partition coefficient (Wildman–Crippen LogP) is 4.00. The highest BCUT2D eigenvalue weighted by molar-refractivity contribution is 5.84. The normalized spacial score (nSPS) is 13.7. The molecule has 6 rings (SSSR count). The van der Waals surface area contributed by atoms with Crippen molar-refractivity contribution in [1.82, 2.24) is 29.3 Å². The number of morpholine rings is 1. The minimum atomic E-state index is -1.07. The van der Waals surface area contributed by atoms with Gasteiger partial charge in [0.15, 0.2) is 0 Å². The molecular weight excluding hydrogens is 472 g/mol. The van der Waals surface area contributed by atoms with Crippen molar-refractivity contribution in [1.29, 1.82) is 0 Å². The van der Waals surface area contributed by atoms with Gasteiger partial charge >= 0.3 is 6.09 Å². The lowest BCUT2D eigenvalue weighted by Crippen LogP contribution is -2.37. The molecule has 4 heterocycles. The minimum Gasteiger partial charge on any atom is -0.464 e. The van der Waals surface area contributed by atoms with Gasteiger partial charge in [-0.05, 0) is 18.2 Å². The summed E-state index contributed by atoms with van der Waals surface area (Å²) < 4.78 is 8.39. The molecule has 0 aliphatic carbocycles. The molecule has 0 amide bonds. The first-order valence-electron chi connectivity index (χ1n) is 11.8. The monoisotopic (exact) mass is 496 g/mol. The van der Waals surface area contributed by atoms with E-state index in [2.05, 4.69) is 26.4 Å². The van der Waals surface area contributed by atoms with Crippen LogP contribution in [0.15, 0.2) is 67.3 Å². The molecule has 0 unspecified atom stereocenters. The van der Waals surface area contributed by atoms with E-state index in [9.17, 15) is 4.79 Å². The Balaban J connectivity index is 1.33. The number of fused-ring (bicyclic) bond motifs is 1. The van der Waals surface area contributed by atoms with Gasteiger partial charge in [-0.2, -0.15) is 10.1 Å². The Morgan fingerprint density at radius 1 is 1.00 bits per heavy atom. The quantitative estimate of drug-likeness (QED) is 0.372. The van der Waals surface area contributed by atoms with Gasteiger partial charge in [0.05, 0.1) is 36.3 Å². The zero-order valence-corrected chi connectivity index (χ0v) is 20.1. The number of hydrogen-bond donors (Lipinski definition) is 2. The summed E-state index contributed by atoms with van der Waals surface area (Å²) in [6.45, 7) is 2.72. The number of aromatic nitrogens is 6. The average molecular weight is 497 g/mol. The number of rotatable bonds is 5. The number of aryl methyl sites for hydroxylation is 1. The summed E-state index contributed by atoms with van der Waals surface area (Å²) in [5.41, 5.74) is 5.03. The van der Waals surface area contributed by atoms with Crippen molar-refractivity contribution in [3.63, 3.8) is 0 Å². The molecular formula is C26H24N8O3. The Hall–Kier alpha value is -4.77. The van der Waals surface area contributed by atoms with Gasteiger partial charge in [-0.1, -0.05) is 24.3 Å². The molecule has 5 aromatic rings. The van der Waals surface area contributed by atoms with E-state index in [-0.39, 0.29) is 0 Å². The molecule has 0 saturated carbocycles. The van der Waals surface area contributed by atoms with Crippen LogP contribution in [0.1, 0.15) is 0 Å². The van der Waals surface area contributed by atoms with Crippen LogP contribution < -0.4 is 10.2 Å². The molecule has 0 radical (unpaired) electrons. The average Bonchev–Trinajstić information content (AvgIpc) is 3.57. The number of carboxylic acid groups (broad SMARTS) is 1. The van der Waals surface area contributed by atoms with Gasteiger partial charge in [0, 0.05) is 54.6 Å². The molecule has 2 N–H and O–H groups in total. The zero-order valence-electron chi connectivity index (χ0n) is 20.1. The van der Waals surface area contributed by atoms with Crippen molar-refractivity contribution in [2.75, 3.05) is 36.5 Å². The summed E-state index contributed by atoms with van der Waals surface area (Å²) in [7, 11) is 1.92. The second kappa shape index (κ2) is 9.36. The second-order valence-electron chi connectivity index (χ2n) is 8.73. The third kappa shape index (κ3) is 4.59. The number of hydrogen-bond acceptors (Lipinski definition) is 8. The topological polar surface area (TPSA) is 123 Å². The van der Waals surface area contributed by atoms with Crippen molar-refractivity contribution in [2.24, 2.45) is 7.05 Å². The molecule has 1 saturated heterocycles. The maximum absolute atomic E-state index is 11.1. The van der Waals surface area contributed by atoms with E-state index in [1.54, 1.807) is 0 Å². The summed E-state index contributed by atoms with van der Waals surface area (Å²) >= 11 is 0. The Bertz CT molecular complexity index is 1590. The Labute approximate surface area is 212 Å². The van der Waals surface area contributed by atoms with Crippen LogP contribution in [0.4, 0.5) is 22.2 Å². The molecule has 0 bridgehead atoms. The van der Waals surface area contributed by atoms with Crippen molar-refractivity contribution < 1.29 is 14.6 Å². The van der Waals surface area contributed by atoms with E-state index in [0.717, 1.165) is 51.1 Å². The molecule has 0 spiro atoms. The third-order valence-corrected chi connectivity index (χ3v) is 6.31. The lowest BCUT2D eigenvalue weighted by molar-refractivity contribution is 0.122. The number of imidazole rings is 1. The molecule has 11 nitrogen and oxygen atoms in total. The Kier molecular flexibility index (Phi) is 5.73. The zero-order chi connectivity index (χ0) is 25.4. The van der Waals surface area contributed by atoms with Crippen LogP contribution in [0.3, 0.4) is 0 Å². The fraction of sp³-hybridized carbons (Fsp3) is 0.192. The maximum Gasteiger partial charge on any atom is 0.416 e. The number of ether oxygens (including phenoxy) is 1. The number of nitrogens with one attached hydrogen (secondary N) is 1. The third-order valence-electron chi connectivity index (χ3n) is 6.31. The van der Waals surface area contributed by atoms with Crippen LogP contribution in [-0.4, -0.2) is 66.8 Å². The van der Waals surface area contributed by atoms with Gasteiger partial charge < -0.3 is 20.1 Å².